The van der Waals surface area contributed by atoms with E-state index in [9.17, 15) is 4.79 Å². The van der Waals surface area contributed by atoms with E-state index >= 15 is 0 Å². The van der Waals surface area contributed by atoms with E-state index in [-0.39, 0.29) is 6.09 Å². The van der Waals surface area contributed by atoms with Crippen molar-refractivity contribution in [2.75, 3.05) is 13.1 Å². The van der Waals surface area contributed by atoms with Gasteiger partial charge in [-0.15, -0.1) is 0 Å². The van der Waals surface area contributed by atoms with Crippen LogP contribution in [0, 0.1) is 0 Å². The van der Waals surface area contributed by atoms with Gasteiger partial charge in [0, 0.05) is 17.6 Å². The van der Waals surface area contributed by atoms with E-state index in [0.717, 1.165) is 17.4 Å². The average Bonchev–Trinajstić information content (AvgIpc) is 2.77. The molecule has 0 unspecified atom stereocenters. The van der Waals surface area contributed by atoms with Crippen LogP contribution in [0.2, 0.25) is 0 Å². The third-order valence-corrected chi connectivity index (χ3v) is 4.27. The Morgan fingerprint density at radius 3 is 1.77 bits per heavy atom. The molecule has 3 nitrogen and oxygen atoms in total. The van der Waals surface area contributed by atoms with Crippen molar-refractivity contribution in [3.05, 3.63) is 76.8 Å². The fourth-order valence-electron chi connectivity index (χ4n) is 2.49. The van der Waals surface area contributed by atoms with Crippen molar-refractivity contribution in [3.8, 4) is 0 Å². The first kappa shape index (κ1) is 27.9. The number of rotatable bonds is 1. The number of amides is 1. The molecule has 0 saturated heterocycles. The maximum Gasteiger partial charge on any atom is 0.410 e. The molecule has 0 atom stereocenters. The van der Waals surface area contributed by atoms with Gasteiger partial charge in [-0.2, -0.15) is 0 Å². The van der Waals surface area contributed by atoms with Gasteiger partial charge in [0.15, 0.2) is 0 Å². The minimum absolute atomic E-state index is 0.226. The van der Waals surface area contributed by atoms with Crippen LogP contribution in [0.4, 0.5) is 4.79 Å². The molecule has 2 aromatic carbocycles. The lowest BCUT2D eigenvalue weighted by molar-refractivity contribution is 0.0270. The zero-order valence-electron chi connectivity index (χ0n) is 19.6. The molecule has 0 spiro atoms. The number of hydrogen-bond donors (Lipinski definition) is 0. The van der Waals surface area contributed by atoms with Crippen LogP contribution in [0.15, 0.2) is 71.2 Å². The summed E-state index contributed by atoms with van der Waals surface area (Å²) in [7, 11) is 0. The van der Waals surface area contributed by atoms with E-state index in [1.807, 2.05) is 97.0 Å². The highest BCUT2D eigenvalue weighted by Crippen LogP contribution is 2.23. The van der Waals surface area contributed by atoms with Gasteiger partial charge in [0.05, 0.1) is 0 Å². The Kier molecular flexibility index (Phi) is 14.6. The zero-order valence-corrected chi connectivity index (χ0v) is 21.2. The fraction of sp³-hybridized carbons (Fsp3) is 0.423. The molecule has 1 heterocycles. The first-order chi connectivity index (χ1) is 14.3. The quantitative estimate of drug-likeness (QED) is 0.415. The number of hydrogen-bond acceptors (Lipinski definition) is 2. The highest BCUT2D eigenvalue weighted by atomic mass is 79.9. The second-order valence-corrected chi connectivity index (χ2v) is 7.98. The number of carbonyl (C=O) groups is 1. The predicted molar refractivity (Wildman–Crippen MR) is 134 cm³/mol. The molecule has 1 amide bonds. The van der Waals surface area contributed by atoms with Gasteiger partial charge >= 0.3 is 6.09 Å². The Hall–Kier alpha value is -2.07. The summed E-state index contributed by atoms with van der Waals surface area (Å²) in [5, 5.41) is 0. The molecule has 1 aliphatic rings. The second-order valence-electron chi connectivity index (χ2n) is 7.07. The molecule has 0 fully saturated rings. The highest BCUT2D eigenvalue weighted by molar-refractivity contribution is 9.10. The first-order valence-corrected chi connectivity index (χ1v) is 11.6. The first-order valence-electron chi connectivity index (χ1n) is 10.8. The van der Waals surface area contributed by atoms with Crippen LogP contribution in [0.25, 0.3) is 5.57 Å². The van der Waals surface area contributed by atoms with Gasteiger partial charge in [-0.05, 0) is 50.5 Å². The third kappa shape index (κ3) is 11.8. The Labute approximate surface area is 192 Å². The maximum atomic E-state index is 11.9. The molecule has 0 radical (unpaired) electrons. The molecule has 2 aromatic rings. The summed E-state index contributed by atoms with van der Waals surface area (Å²) in [6.07, 6.45) is 2.77. The molecule has 0 saturated carbocycles. The van der Waals surface area contributed by atoms with Crippen molar-refractivity contribution in [2.24, 2.45) is 0 Å². The topological polar surface area (TPSA) is 29.5 Å². The van der Waals surface area contributed by atoms with Gasteiger partial charge in [-0.1, -0.05) is 98.2 Å². The van der Waals surface area contributed by atoms with Crippen LogP contribution in [0.3, 0.4) is 0 Å². The van der Waals surface area contributed by atoms with Crippen molar-refractivity contribution in [3.63, 3.8) is 0 Å². The number of halogens is 1. The van der Waals surface area contributed by atoms with E-state index < -0.39 is 5.60 Å². The van der Waals surface area contributed by atoms with Crippen LogP contribution in [0.1, 0.15) is 60.5 Å². The van der Waals surface area contributed by atoms with Gasteiger partial charge in [-0.3, -0.25) is 0 Å². The molecular formula is C26H38BrNO2. The van der Waals surface area contributed by atoms with E-state index in [1.165, 1.54) is 11.1 Å². The second kappa shape index (κ2) is 15.7. The van der Waals surface area contributed by atoms with Crippen molar-refractivity contribution >= 4 is 27.6 Å². The van der Waals surface area contributed by atoms with Gasteiger partial charge in [-0.25, -0.2) is 4.79 Å². The van der Waals surface area contributed by atoms with Gasteiger partial charge in [0.25, 0.3) is 0 Å². The standard InChI is InChI=1S/C16H21NO2.C6H5Br.2C2H6/c1-16(2,3)19-15(18)17-11-9-14(10-12-17)13-7-5-4-6-8-13;7-6-4-2-1-3-5-6;2*1-2/h4-9H,10-12H2,1-3H3;1-5H;2*1-2H3. The van der Waals surface area contributed by atoms with Crippen LogP contribution >= 0.6 is 15.9 Å². The van der Waals surface area contributed by atoms with Gasteiger partial charge in [0.1, 0.15) is 5.60 Å². The molecule has 0 bridgehead atoms. The van der Waals surface area contributed by atoms with Crippen LogP contribution in [-0.4, -0.2) is 29.7 Å². The van der Waals surface area contributed by atoms with Gasteiger partial charge in [0.2, 0.25) is 0 Å². The van der Waals surface area contributed by atoms with Crippen molar-refractivity contribution in [1.29, 1.82) is 0 Å². The van der Waals surface area contributed by atoms with Crippen molar-refractivity contribution in [2.45, 2.75) is 60.5 Å². The summed E-state index contributed by atoms with van der Waals surface area (Å²) in [5.74, 6) is 0. The minimum Gasteiger partial charge on any atom is -0.444 e. The highest BCUT2D eigenvalue weighted by Gasteiger charge is 2.23. The molecule has 1 aliphatic heterocycles. The normalized spacial score (nSPS) is 12.5. The summed E-state index contributed by atoms with van der Waals surface area (Å²) in [6, 6.07) is 20.3. The molecule has 0 N–H and O–H groups in total. The lowest BCUT2D eigenvalue weighted by Crippen LogP contribution is -2.39. The largest absolute Gasteiger partial charge is 0.444 e. The summed E-state index contributed by atoms with van der Waals surface area (Å²) < 4.78 is 6.51. The predicted octanol–water partition coefficient (Wildman–Crippen LogP) is 8.21. The minimum atomic E-state index is -0.430. The zero-order chi connectivity index (χ0) is 23.0. The van der Waals surface area contributed by atoms with Gasteiger partial charge < -0.3 is 9.64 Å². The number of benzene rings is 2. The maximum absolute atomic E-state index is 11.9. The summed E-state index contributed by atoms with van der Waals surface area (Å²) in [5.41, 5.74) is 2.12. The van der Waals surface area contributed by atoms with E-state index in [2.05, 4.69) is 34.1 Å². The molecule has 4 heteroatoms. The SMILES string of the molecule is Brc1ccccc1.CC.CC.CC(C)(C)OC(=O)N1CC=C(c2ccccc2)CC1. The smallest absolute Gasteiger partial charge is 0.410 e. The Morgan fingerprint density at radius 1 is 0.900 bits per heavy atom. The van der Waals surface area contributed by atoms with Crippen molar-refractivity contribution in [1.82, 2.24) is 4.90 Å². The van der Waals surface area contributed by atoms with Crippen LogP contribution in [-0.2, 0) is 4.74 Å². The Balaban J connectivity index is 0.000000636. The Bertz CT molecular complexity index is 722. The van der Waals surface area contributed by atoms with Crippen LogP contribution in [0.5, 0.6) is 0 Å². The molecular weight excluding hydrogens is 438 g/mol. The number of ether oxygens (including phenoxy) is 1. The summed E-state index contributed by atoms with van der Waals surface area (Å²) >= 11 is 3.31. The van der Waals surface area contributed by atoms with Crippen LogP contribution < -0.4 is 0 Å². The lowest BCUT2D eigenvalue weighted by atomic mass is 10.00. The lowest BCUT2D eigenvalue weighted by Gasteiger charge is -2.29. The van der Waals surface area contributed by atoms with Crippen molar-refractivity contribution < 1.29 is 9.53 Å². The average molecular weight is 476 g/mol. The number of nitrogens with zero attached hydrogens (tertiary/aromatic N) is 1. The molecule has 0 aromatic heterocycles. The van der Waals surface area contributed by atoms with E-state index in [4.69, 9.17) is 4.74 Å². The third-order valence-electron chi connectivity index (χ3n) is 3.74. The fourth-order valence-corrected chi connectivity index (χ4v) is 2.80. The van der Waals surface area contributed by atoms with E-state index in [0.29, 0.717) is 6.54 Å². The monoisotopic (exact) mass is 475 g/mol. The molecule has 0 aliphatic carbocycles. The Morgan fingerprint density at radius 2 is 1.40 bits per heavy atom. The summed E-state index contributed by atoms with van der Waals surface area (Å²) in [6.45, 7) is 15.0. The molecule has 3 rings (SSSR count). The molecule has 166 valence electrons. The number of carbonyl (C=O) groups excluding carboxylic acids is 1. The van der Waals surface area contributed by atoms with E-state index in [1.54, 1.807) is 4.90 Å². The summed E-state index contributed by atoms with van der Waals surface area (Å²) in [4.78, 5) is 13.7. The molecule has 30 heavy (non-hydrogen) atoms.